The van der Waals surface area contributed by atoms with Crippen molar-refractivity contribution in [1.82, 2.24) is 9.80 Å². The molecule has 1 unspecified atom stereocenters. The zero-order valence-corrected chi connectivity index (χ0v) is 12.3. The molecular weight excluding hydrogens is 228 g/mol. The minimum Gasteiger partial charge on any atom is -0.480 e. The third-order valence-corrected chi connectivity index (χ3v) is 4.06. The molecule has 0 saturated heterocycles. The largest absolute Gasteiger partial charge is 0.480 e. The van der Waals surface area contributed by atoms with E-state index in [9.17, 15) is 4.79 Å². The third kappa shape index (κ3) is 4.58. The van der Waals surface area contributed by atoms with E-state index in [-0.39, 0.29) is 12.0 Å². The van der Waals surface area contributed by atoms with Crippen LogP contribution in [0.3, 0.4) is 0 Å². The van der Waals surface area contributed by atoms with E-state index in [0.29, 0.717) is 6.04 Å². The molecule has 1 aliphatic carbocycles. The highest BCUT2D eigenvalue weighted by atomic mass is 16.4. The van der Waals surface area contributed by atoms with Crippen LogP contribution < -0.4 is 0 Å². The van der Waals surface area contributed by atoms with Crippen molar-refractivity contribution in [2.45, 2.75) is 45.6 Å². The lowest BCUT2D eigenvalue weighted by atomic mass is 9.72. The van der Waals surface area contributed by atoms with Crippen LogP contribution in [-0.2, 0) is 4.79 Å². The second-order valence-corrected chi connectivity index (χ2v) is 6.42. The van der Waals surface area contributed by atoms with Crippen molar-refractivity contribution in [3.05, 3.63) is 0 Å². The van der Waals surface area contributed by atoms with Crippen molar-refractivity contribution >= 4 is 5.97 Å². The maximum Gasteiger partial charge on any atom is 0.317 e. The second-order valence-electron chi connectivity index (χ2n) is 6.42. The van der Waals surface area contributed by atoms with Crippen molar-refractivity contribution in [3.63, 3.8) is 0 Å². The molecule has 1 atom stereocenters. The zero-order valence-electron chi connectivity index (χ0n) is 12.3. The number of hydrogen-bond donors (Lipinski definition) is 1. The summed E-state index contributed by atoms with van der Waals surface area (Å²) < 4.78 is 0. The Hall–Kier alpha value is -0.610. The Balaban J connectivity index is 2.70. The van der Waals surface area contributed by atoms with E-state index in [2.05, 4.69) is 23.6 Å². The summed E-state index contributed by atoms with van der Waals surface area (Å²) in [6.07, 6.45) is 4.84. The van der Waals surface area contributed by atoms with Gasteiger partial charge in [-0.15, -0.1) is 0 Å². The Morgan fingerprint density at radius 1 is 1.28 bits per heavy atom. The first-order valence-electron chi connectivity index (χ1n) is 6.93. The second kappa shape index (κ2) is 6.53. The van der Waals surface area contributed by atoms with Gasteiger partial charge in [0.25, 0.3) is 0 Å². The number of hydrogen-bond acceptors (Lipinski definition) is 3. The van der Waals surface area contributed by atoms with E-state index in [1.807, 2.05) is 14.1 Å². The van der Waals surface area contributed by atoms with Crippen LogP contribution >= 0.6 is 0 Å². The quantitative estimate of drug-likeness (QED) is 0.788. The van der Waals surface area contributed by atoms with Gasteiger partial charge in [-0.05, 0) is 32.4 Å². The lowest BCUT2D eigenvalue weighted by Crippen LogP contribution is -2.50. The fraction of sp³-hybridized carbons (Fsp3) is 0.929. The molecule has 18 heavy (non-hydrogen) atoms. The van der Waals surface area contributed by atoms with E-state index in [1.165, 1.54) is 19.3 Å². The number of carboxylic acid groups (broad SMARTS) is 1. The van der Waals surface area contributed by atoms with Crippen LogP contribution in [0.4, 0.5) is 0 Å². The van der Waals surface area contributed by atoms with E-state index in [1.54, 1.807) is 0 Å². The fourth-order valence-electron chi connectivity index (χ4n) is 3.00. The van der Waals surface area contributed by atoms with Crippen LogP contribution in [0.5, 0.6) is 0 Å². The first-order valence-corrected chi connectivity index (χ1v) is 6.93. The van der Waals surface area contributed by atoms with E-state index < -0.39 is 5.97 Å². The summed E-state index contributed by atoms with van der Waals surface area (Å²) in [5.74, 6) is -0.713. The Labute approximate surface area is 111 Å². The summed E-state index contributed by atoms with van der Waals surface area (Å²) in [4.78, 5) is 15.3. The first kappa shape index (κ1) is 15.4. The number of aliphatic carboxylic acids is 1. The molecule has 4 nitrogen and oxygen atoms in total. The molecule has 4 heteroatoms. The molecule has 0 radical (unpaired) electrons. The smallest absolute Gasteiger partial charge is 0.317 e. The van der Waals surface area contributed by atoms with Crippen LogP contribution in [0.25, 0.3) is 0 Å². The molecular formula is C14H28N2O2. The number of nitrogens with zero attached hydrogens (tertiary/aromatic N) is 2. The number of likely N-dealkylation sites (N-methyl/N-ethyl adjacent to an activating group) is 1. The standard InChI is InChI=1S/C14H28N2O2/c1-14(2)8-6-5-7-12(14)16(11-13(17)18)10-9-15(3)4/h12H,5-11H2,1-4H3,(H,17,18). The summed E-state index contributed by atoms with van der Waals surface area (Å²) in [5.41, 5.74) is 0.236. The van der Waals surface area contributed by atoms with Crippen LogP contribution in [0, 0.1) is 5.41 Å². The van der Waals surface area contributed by atoms with E-state index >= 15 is 0 Å². The minimum atomic E-state index is -0.713. The molecule has 0 amide bonds. The van der Waals surface area contributed by atoms with Crippen molar-refractivity contribution < 1.29 is 9.90 Å². The van der Waals surface area contributed by atoms with Gasteiger partial charge in [-0.2, -0.15) is 0 Å². The van der Waals surface area contributed by atoms with Gasteiger partial charge in [-0.3, -0.25) is 9.69 Å². The number of rotatable bonds is 6. The van der Waals surface area contributed by atoms with Gasteiger partial charge in [0.2, 0.25) is 0 Å². The molecule has 106 valence electrons. The molecule has 0 spiro atoms. The highest BCUT2D eigenvalue weighted by Gasteiger charge is 2.36. The lowest BCUT2D eigenvalue weighted by Gasteiger charge is -2.45. The molecule has 1 aliphatic rings. The predicted octanol–water partition coefficient (Wildman–Crippen LogP) is 1.90. The van der Waals surface area contributed by atoms with Crippen molar-refractivity contribution in [2.75, 3.05) is 33.7 Å². The zero-order chi connectivity index (χ0) is 13.8. The molecule has 0 aliphatic heterocycles. The molecule has 0 aromatic heterocycles. The van der Waals surface area contributed by atoms with Crippen molar-refractivity contribution in [3.8, 4) is 0 Å². The highest BCUT2D eigenvalue weighted by molar-refractivity contribution is 5.69. The van der Waals surface area contributed by atoms with E-state index in [0.717, 1.165) is 19.5 Å². The third-order valence-electron chi connectivity index (χ3n) is 4.06. The van der Waals surface area contributed by atoms with Gasteiger partial charge in [-0.1, -0.05) is 26.7 Å². The predicted molar refractivity (Wildman–Crippen MR) is 73.8 cm³/mol. The number of carboxylic acids is 1. The minimum absolute atomic E-state index is 0.169. The van der Waals surface area contributed by atoms with Crippen molar-refractivity contribution in [2.24, 2.45) is 5.41 Å². The monoisotopic (exact) mass is 256 g/mol. The highest BCUT2D eigenvalue weighted by Crippen LogP contribution is 2.38. The maximum atomic E-state index is 11.1. The fourth-order valence-corrected chi connectivity index (χ4v) is 3.00. The van der Waals surface area contributed by atoms with E-state index in [4.69, 9.17) is 5.11 Å². The molecule has 0 bridgehead atoms. The van der Waals surface area contributed by atoms with Gasteiger partial charge < -0.3 is 10.0 Å². The molecule has 0 heterocycles. The van der Waals surface area contributed by atoms with Gasteiger partial charge in [0.1, 0.15) is 0 Å². The Kier molecular flexibility index (Phi) is 5.60. The van der Waals surface area contributed by atoms with Gasteiger partial charge in [0, 0.05) is 19.1 Å². The van der Waals surface area contributed by atoms with Crippen LogP contribution in [0.1, 0.15) is 39.5 Å². The summed E-state index contributed by atoms with van der Waals surface area (Å²) in [6.45, 7) is 6.48. The summed E-state index contributed by atoms with van der Waals surface area (Å²) in [5, 5.41) is 9.09. The maximum absolute atomic E-state index is 11.1. The van der Waals surface area contributed by atoms with Crippen LogP contribution in [0.2, 0.25) is 0 Å². The van der Waals surface area contributed by atoms with Crippen LogP contribution in [-0.4, -0.2) is 60.6 Å². The molecule has 1 fully saturated rings. The molecule has 0 aromatic rings. The lowest BCUT2D eigenvalue weighted by molar-refractivity contribution is -0.140. The average Bonchev–Trinajstić information content (AvgIpc) is 2.23. The molecule has 1 N–H and O–H groups in total. The topological polar surface area (TPSA) is 43.8 Å². The first-order chi connectivity index (χ1) is 8.33. The Morgan fingerprint density at radius 3 is 2.44 bits per heavy atom. The number of carbonyl (C=O) groups is 1. The van der Waals surface area contributed by atoms with Crippen molar-refractivity contribution in [1.29, 1.82) is 0 Å². The summed E-state index contributed by atoms with van der Waals surface area (Å²) >= 11 is 0. The van der Waals surface area contributed by atoms with Gasteiger partial charge in [0.05, 0.1) is 6.54 Å². The normalized spacial score (nSPS) is 23.6. The van der Waals surface area contributed by atoms with Crippen LogP contribution in [0.15, 0.2) is 0 Å². The molecule has 1 saturated carbocycles. The van der Waals surface area contributed by atoms with Gasteiger partial charge in [0.15, 0.2) is 0 Å². The molecule has 1 rings (SSSR count). The summed E-state index contributed by atoms with van der Waals surface area (Å²) in [6, 6.07) is 0.405. The van der Waals surface area contributed by atoms with Gasteiger partial charge >= 0.3 is 5.97 Å². The van der Waals surface area contributed by atoms with Gasteiger partial charge in [-0.25, -0.2) is 0 Å². The SMILES string of the molecule is CN(C)CCN(CC(=O)O)C1CCCCC1(C)C. The molecule has 0 aromatic carbocycles. The Bertz CT molecular complexity index is 277. The average molecular weight is 256 g/mol. The Morgan fingerprint density at radius 2 is 1.94 bits per heavy atom. The summed E-state index contributed by atoms with van der Waals surface area (Å²) in [7, 11) is 4.07.